The fourth-order valence-corrected chi connectivity index (χ4v) is 2.68. The average Bonchev–Trinajstić information content (AvgIpc) is 2.76. The molecule has 2 nitrogen and oxygen atoms in total. The number of hydrogen-bond donors (Lipinski definition) is 0. The third-order valence-corrected chi connectivity index (χ3v) is 3.63. The normalized spacial score (nSPS) is 10.3. The van der Waals surface area contributed by atoms with Crippen LogP contribution in [0, 0.1) is 6.92 Å². The van der Waals surface area contributed by atoms with Crippen molar-refractivity contribution >= 4 is 28.7 Å². The van der Waals surface area contributed by atoms with Gasteiger partial charge in [0.25, 0.3) is 0 Å². The monoisotopic (exact) mass is 266 g/mol. The van der Waals surface area contributed by atoms with E-state index in [4.69, 9.17) is 16.3 Å². The Kier molecular flexibility index (Phi) is 3.50. The lowest BCUT2D eigenvalue weighted by Gasteiger charge is -2.05. The maximum absolute atomic E-state index is 12.3. The summed E-state index contributed by atoms with van der Waals surface area (Å²) in [5, 5.41) is 2.30. The first-order chi connectivity index (χ1) is 8.13. The Morgan fingerprint density at radius 2 is 2.12 bits per heavy atom. The van der Waals surface area contributed by atoms with Crippen molar-refractivity contribution in [2.75, 3.05) is 7.11 Å². The van der Waals surface area contributed by atoms with Crippen molar-refractivity contribution < 1.29 is 9.53 Å². The minimum Gasteiger partial charge on any atom is -0.495 e. The summed E-state index contributed by atoms with van der Waals surface area (Å²) in [6, 6.07) is 7.19. The van der Waals surface area contributed by atoms with Gasteiger partial charge in [0.15, 0.2) is 0 Å². The lowest BCUT2D eigenvalue weighted by molar-refractivity contribution is 0.104. The van der Waals surface area contributed by atoms with Crippen LogP contribution in [0.1, 0.15) is 20.8 Å². The minimum atomic E-state index is -0.0955. The summed E-state index contributed by atoms with van der Waals surface area (Å²) in [5.41, 5.74) is 1.54. The molecule has 17 heavy (non-hydrogen) atoms. The van der Waals surface area contributed by atoms with Crippen LogP contribution >= 0.6 is 22.9 Å². The summed E-state index contributed by atoms with van der Waals surface area (Å²) in [7, 11) is 1.55. The number of halogens is 1. The molecule has 0 atom stereocenters. The molecule has 0 spiro atoms. The second kappa shape index (κ2) is 4.90. The maximum atomic E-state index is 12.3. The Labute approximate surface area is 109 Å². The van der Waals surface area contributed by atoms with Gasteiger partial charge in [-0.25, -0.2) is 0 Å². The van der Waals surface area contributed by atoms with E-state index < -0.39 is 0 Å². The van der Waals surface area contributed by atoms with Gasteiger partial charge < -0.3 is 4.74 Å². The second-order valence-electron chi connectivity index (χ2n) is 3.63. The predicted octanol–water partition coefficient (Wildman–Crippen LogP) is 3.95. The van der Waals surface area contributed by atoms with Crippen molar-refractivity contribution in [2.24, 2.45) is 0 Å². The highest BCUT2D eigenvalue weighted by atomic mass is 35.5. The van der Waals surface area contributed by atoms with Crippen LogP contribution in [-0.2, 0) is 0 Å². The lowest BCUT2D eigenvalue weighted by atomic mass is 10.1. The third kappa shape index (κ3) is 2.35. The molecule has 1 aromatic heterocycles. The number of ether oxygens (including phenoxy) is 1. The second-order valence-corrected chi connectivity index (χ2v) is 4.95. The molecule has 88 valence electrons. The number of aryl methyl sites for hydroxylation is 1. The number of rotatable bonds is 3. The SMILES string of the molecule is COc1ccsc1C(=O)c1ccc(C)cc1Cl. The van der Waals surface area contributed by atoms with Crippen LogP contribution in [0.3, 0.4) is 0 Å². The number of carbonyl (C=O) groups excluding carboxylic acids is 1. The average molecular weight is 267 g/mol. The summed E-state index contributed by atoms with van der Waals surface area (Å²) in [4.78, 5) is 12.8. The number of hydrogen-bond acceptors (Lipinski definition) is 3. The summed E-state index contributed by atoms with van der Waals surface area (Å²) in [6.07, 6.45) is 0. The van der Waals surface area contributed by atoms with Crippen molar-refractivity contribution in [3.05, 3.63) is 50.7 Å². The van der Waals surface area contributed by atoms with Crippen LogP contribution in [0.25, 0.3) is 0 Å². The molecule has 1 aromatic carbocycles. The van der Waals surface area contributed by atoms with Gasteiger partial charge in [0.2, 0.25) is 5.78 Å². The fraction of sp³-hybridized carbons (Fsp3) is 0.154. The molecule has 2 rings (SSSR count). The van der Waals surface area contributed by atoms with Crippen LogP contribution in [0.5, 0.6) is 5.75 Å². The molecule has 0 unspecified atom stereocenters. The molecule has 0 N–H and O–H groups in total. The molecule has 0 bridgehead atoms. The molecule has 0 saturated carbocycles. The molecule has 0 aliphatic carbocycles. The molecule has 0 fully saturated rings. The van der Waals surface area contributed by atoms with Gasteiger partial charge >= 0.3 is 0 Å². The summed E-state index contributed by atoms with van der Waals surface area (Å²) in [6.45, 7) is 1.94. The largest absolute Gasteiger partial charge is 0.495 e. The predicted molar refractivity (Wildman–Crippen MR) is 70.5 cm³/mol. The van der Waals surface area contributed by atoms with Gasteiger partial charge in [0.05, 0.1) is 12.1 Å². The van der Waals surface area contributed by atoms with Crippen LogP contribution in [0.2, 0.25) is 5.02 Å². The quantitative estimate of drug-likeness (QED) is 0.787. The van der Waals surface area contributed by atoms with Crippen LogP contribution in [0.15, 0.2) is 29.6 Å². The molecule has 0 amide bonds. The first-order valence-corrected chi connectivity index (χ1v) is 6.31. The molecule has 0 aliphatic rings. The molecule has 1 heterocycles. The van der Waals surface area contributed by atoms with E-state index >= 15 is 0 Å². The molecular formula is C13H11ClO2S. The lowest BCUT2D eigenvalue weighted by Crippen LogP contribution is -2.01. The zero-order valence-electron chi connectivity index (χ0n) is 9.49. The number of methoxy groups -OCH3 is 1. The Morgan fingerprint density at radius 1 is 1.35 bits per heavy atom. The van der Waals surface area contributed by atoms with E-state index in [2.05, 4.69) is 0 Å². The van der Waals surface area contributed by atoms with Gasteiger partial charge in [0, 0.05) is 5.56 Å². The van der Waals surface area contributed by atoms with E-state index in [1.165, 1.54) is 11.3 Å². The van der Waals surface area contributed by atoms with Crippen molar-refractivity contribution in [1.29, 1.82) is 0 Å². The third-order valence-electron chi connectivity index (χ3n) is 2.42. The van der Waals surface area contributed by atoms with Crippen molar-refractivity contribution in [2.45, 2.75) is 6.92 Å². The Hall–Kier alpha value is -1.32. The van der Waals surface area contributed by atoms with Gasteiger partial charge in [-0.2, -0.15) is 0 Å². The summed E-state index contributed by atoms with van der Waals surface area (Å²) in [5.74, 6) is 0.499. The highest BCUT2D eigenvalue weighted by molar-refractivity contribution is 7.12. The van der Waals surface area contributed by atoms with Crippen molar-refractivity contribution in [1.82, 2.24) is 0 Å². The molecule has 0 aliphatic heterocycles. The van der Waals surface area contributed by atoms with E-state index in [9.17, 15) is 4.79 Å². The van der Waals surface area contributed by atoms with E-state index in [1.54, 1.807) is 25.3 Å². The first kappa shape index (κ1) is 12.1. The van der Waals surface area contributed by atoms with Gasteiger partial charge in [-0.1, -0.05) is 17.7 Å². The van der Waals surface area contributed by atoms with Gasteiger partial charge in [0.1, 0.15) is 10.6 Å². The number of thiophene rings is 1. The highest BCUT2D eigenvalue weighted by Crippen LogP contribution is 2.29. The fourth-order valence-electron chi connectivity index (χ4n) is 1.55. The zero-order valence-corrected chi connectivity index (χ0v) is 11.1. The van der Waals surface area contributed by atoms with Crippen LogP contribution in [-0.4, -0.2) is 12.9 Å². The summed E-state index contributed by atoms with van der Waals surface area (Å²) < 4.78 is 5.14. The Bertz CT molecular complexity index is 560. The maximum Gasteiger partial charge on any atom is 0.208 e. The van der Waals surface area contributed by atoms with Gasteiger partial charge in [-0.3, -0.25) is 4.79 Å². The van der Waals surface area contributed by atoms with E-state index in [0.29, 0.717) is 21.2 Å². The molecule has 4 heteroatoms. The first-order valence-electron chi connectivity index (χ1n) is 5.06. The number of ketones is 1. The minimum absolute atomic E-state index is 0.0955. The van der Waals surface area contributed by atoms with Crippen LogP contribution < -0.4 is 4.74 Å². The van der Waals surface area contributed by atoms with E-state index in [0.717, 1.165) is 5.56 Å². The van der Waals surface area contributed by atoms with Crippen LogP contribution in [0.4, 0.5) is 0 Å². The smallest absolute Gasteiger partial charge is 0.208 e. The van der Waals surface area contributed by atoms with Gasteiger partial charge in [-0.05, 0) is 36.1 Å². The summed E-state index contributed by atoms with van der Waals surface area (Å²) >= 11 is 7.44. The Balaban J connectivity index is 2.44. The van der Waals surface area contributed by atoms with E-state index in [1.807, 2.05) is 18.4 Å². The van der Waals surface area contributed by atoms with Crippen molar-refractivity contribution in [3.63, 3.8) is 0 Å². The number of carbonyl (C=O) groups is 1. The zero-order chi connectivity index (χ0) is 12.4. The van der Waals surface area contributed by atoms with Crippen molar-refractivity contribution in [3.8, 4) is 5.75 Å². The highest BCUT2D eigenvalue weighted by Gasteiger charge is 2.18. The molecule has 0 radical (unpaired) electrons. The number of benzene rings is 1. The Morgan fingerprint density at radius 3 is 2.76 bits per heavy atom. The molecular weight excluding hydrogens is 256 g/mol. The van der Waals surface area contributed by atoms with E-state index in [-0.39, 0.29) is 5.78 Å². The molecule has 0 saturated heterocycles. The standard InChI is InChI=1S/C13H11ClO2S/c1-8-3-4-9(10(14)7-8)12(15)13-11(16-2)5-6-17-13/h3-7H,1-2H3. The topological polar surface area (TPSA) is 26.3 Å². The molecule has 2 aromatic rings. The van der Waals surface area contributed by atoms with Gasteiger partial charge in [-0.15, -0.1) is 11.3 Å².